The fourth-order valence-corrected chi connectivity index (χ4v) is 4.35. The summed E-state index contributed by atoms with van der Waals surface area (Å²) in [5.41, 5.74) is 0. The molecular formula is C12H25NO3S. The monoisotopic (exact) mass is 263 g/mol. The van der Waals surface area contributed by atoms with E-state index in [-0.39, 0.29) is 11.8 Å². The van der Waals surface area contributed by atoms with Crippen LogP contribution in [-0.4, -0.2) is 42.3 Å². The van der Waals surface area contributed by atoms with Crippen LogP contribution in [0.25, 0.3) is 0 Å². The van der Waals surface area contributed by atoms with Gasteiger partial charge in [0.1, 0.15) is 0 Å². The molecule has 0 radical (unpaired) electrons. The van der Waals surface area contributed by atoms with Crippen LogP contribution in [0.3, 0.4) is 0 Å². The number of unbranched alkanes of at least 4 members (excludes halogenated alkanes) is 1. The van der Waals surface area contributed by atoms with Crippen molar-refractivity contribution in [1.82, 2.24) is 4.31 Å². The molecule has 17 heavy (non-hydrogen) atoms. The van der Waals surface area contributed by atoms with Crippen molar-refractivity contribution in [2.24, 2.45) is 0 Å². The van der Waals surface area contributed by atoms with Crippen LogP contribution < -0.4 is 0 Å². The van der Waals surface area contributed by atoms with Gasteiger partial charge in [0, 0.05) is 12.6 Å². The minimum atomic E-state index is -3.12. The summed E-state index contributed by atoms with van der Waals surface area (Å²) >= 11 is 0. The molecule has 1 aliphatic heterocycles. The number of aliphatic hydroxyl groups is 1. The molecule has 0 aliphatic carbocycles. The van der Waals surface area contributed by atoms with Crippen LogP contribution in [0.2, 0.25) is 0 Å². The van der Waals surface area contributed by atoms with Crippen LogP contribution in [0, 0.1) is 0 Å². The maximum absolute atomic E-state index is 12.2. The van der Waals surface area contributed by atoms with Crippen molar-refractivity contribution in [1.29, 1.82) is 0 Å². The quantitative estimate of drug-likeness (QED) is 0.794. The lowest BCUT2D eigenvalue weighted by Crippen LogP contribution is -2.45. The Bertz CT molecular complexity index is 314. The van der Waals surface area contributed by atoms with Gasteiger partial charge in [-0.1, -0.05) is 19.8 Å². The zero-order valence-electron chi connectivity index (χ0n) is 10.9. The summed E-state index contributed by atoms with van der Waals surface area (Å²) < 4.78 is 26.0. The predicted molar refractivity (Wildman–Crippen MR) is 69.3 cm³/mol. The van der Waals surface area contributed by atoms with E-state index in [1.54, 1.807) is 11.2 Å². The molecule has 0 aromatic carbocycles. The van der Waals surface area contributed by atoms with Gasteiger partial charge in [0.15, 0.2) is 0 Å². The Morgan fingerprint density at radius 3 is 2.71 bits per heavy atom. The minimum Gasteiger partial charge on any atom is -0.393 e. The molecule has 1 fully saturated rings. The van der Waals surface area contributed by atoms with E-state index < -0.39 is 16.1 Å². The molecule has 2 atom stereocenters. The third kappa shape index (κ3) is 4.56. The van der Waals surface area contributed by atoms with Gasteiger partial charge in [-0.3, -0.25) is 0 Å². The SMILES string of the molecule is CCCCS(=O)(=O)N1CCCCC1CC(C)O. The molecule has 2 unspecified atom stereocenters. The molecule has 0 bridgehead atoms. The van der Waals surface area contributed by atoms with Crippen molar-refractivity contribution in [3.63, 3.8) is 0 Å². The minimum absolute atomic E-state index is 0.00519. The second kappa shape index (κ2) is 6.71. The Morgan fingerprint density at radius 1 is 1.41 bits per heavy atom. The van der Waals surface area contributed by atoms with Gasteiger partial charge >= 0.3 is 0 Å². The summed E-state index contributed by atoms with van der Waals surface area (Å²) in [5.74, 6) is 0.250. The molecule has 0 spiro atoms. The zero-order chi connectivity index (χ0) is 12.9. The first kappa shape index (κ1) is 14.9. The Labute approximate surface area is 105 Å². The van der Waals surface area contributed by atoms with Gasteiger partial charge in [0.2, 0.25) is 10.0 Å². The smallest absolute Gasteiger partial charge is 0.214 e. The standard InChI is InChI=1S/C12H25NO3S/c1-3-4-9-17(15,16)13-8-6-5-7-12(13)10-11(2)14/h11-12,14H,3-10H2,1-2H3. The van der Waals surface area contributed by atoms with Crippen LogP contribution in [0.5, 0.6) is 0 Å². The molecule has 1 N–H and O–H groups in total. The lowest BCUT2D eigenvalue weighted by atomic mass is 10.00. The van der Waals surface area contributed by atoms with E-state index in [2.05, 4.69) is 0 Å². The van der Waals surface area contributed by atoms with Crippen molar-refractivity contribution >= 4 is 10.0 Å². The van der Waals surface area contributed by atoms with Crippen LogP contribution >= 0.6 is 0 Å². The third-order valence-electron chi connectivity index (χ3n) is 3.30. The molecule has 1 aliphatic rings. The van der Waals surface area contributed by atoms with Gasteiger partial charge in [0.05, 0.1) is 11.9 Å². The Morgan fingerprint density at radius 2 is 2.12 bits per heavy atom. The van der Waals surface area contributed by atoms with Gasteiger partial charge in [-0.25, -0.2) is 8.42 Å². The molecule has 0 aromatic rings. The summed E-state index contributed by atoms with van der Waals surface area (Å²) in [6.45, 7) is 4.36. The van der Waals surface area contributed by atoms with Crippen molar-refractivity contribution in [2.45, 2.75) is 64.5 Å². The van der Waals surface area contributed by atoms with Crippen molar-refractivity contribution < 1.29 is 13.5 Å². The van der Waals surface area contributed by atoms with E-state index in [9.17, 15) is 13.5 Å². The first-order valence-corrected chi connectivity index (χ1v) is 8.26. The van der Waals surface area contributed by atoms with E-state index in [0.29, 0.717) is 13.0 Å². The number of sulfonamides is 1. The van der Waals surface area contributed by atoms with Gasteiger partial charge in [0.25, 0.3) is 0 Å². The second-order valence-corrected chi connectivity index (χ2v) is 7.06. The molecule has 0 saturated carbocycles. The molecular weight excluding hydrogens is 238 g/mol. The van der Waals surface area contributed by atoms with E-state index in [1.807, 2.05) is 6.92 Å². The van der Waals surface area contributed by atoms with Gasteiger partial charge < -0.3 is 5.11 Å². The molecule has 1 heterocycles. The van der Waals surface area contributed by atoms with E-state index >= 15 is 0 Å². The molecule has 102 valence electrons. The van der Waals surface area contributed by atoms with E-state index in [1.165, 1.54) is 0 Å². The van der Waals surface area contributed by atoms with Crippen LogP contribution in [0.15, 0.2) is 0 Å². The Hall–Kier alpha value is -0.130. The highest BCUT2D eigenvalue weighted by atomic mass is 32.2. The van der Waals surface area contributed by atoms with Crippen molar-refractivity contribution in [3.05, 3.63) is 0 Å². The maximum Gasteiger partial charge on any atom is 0.214 e. The maximum atomic E-state index is 12.2. The molecule has 0 aromatic heterocycles. The first-order chi connectivity index (χ1) is 7.97. The summed E-state index contributed by atoms with van der Waals surface area (Å²) in [7, 11) is -3.12. The highest BCUT2D eigenvalue weighted by molar-refractivity contribution is 7.89. The number of piperidine rings is 1. The number of nitrogens with zero attached hydrogens (tertiary/aromatic N) is 1. The molecule has 5 heteroatoms. The number of rotatable bonds is 6. The van der Waals surface area contributed by atoms with E-state index in [0.717, 1.165) is 32.1 Å². The van der Waals surface area contributed by atoms with Crippen molar-refractivity contribution in [3.8, 4) is 0 Å². The van der Waals surface area contributed by atoms with Crippen LogP contribution in [0.1, 0.15) is 52.4 Å². The Kier molecular flexibility index (Phi) is 5.89. The summed E-state index contributed by atoms with van der Waals surface area (Å²) in [4.78, 5) is 0. The van der Waals surface area contributed by atoms with Crippen molar-refractivity contribution in [2.75, 3.05) is 12.3 Å². The number of hydrogen-bond acceptors (Lipinski definition) is 3. The Balaban J connectivity index is 2.69. The topological polar surface area (TPSA) is 57.6 Å². The van der Waals surface area contributed by atoms with E-state index in [4.69, 9.17) is 0 Å². The first-order valence-electron chi connectivity index (χ1n) is 6.65. The lowest BCUT2D eigenvalue weighted by molar-refractivity contribution is 0.131. The summed E-state index contributed by atoms with van der Waals surface area (Å²) in [6, 6.07) is 0.00519. The number of hydrogen-bond donors (Lipinski definition) is 1. The second-order valence-electron chi connectivity index (χ2n) is 5.01. The highest BCUT2D eigenvalue weighted by Crippen LogP contribution is 2.24. The molecule has 0 amide bonds. The van der Waals surface area contributed by atoms with Gasteiger partial charge in [-0.15, -0.1) is 0 Å². The fourth-order valence-electron chi connectivity index (χ4n) is 2.41. The summed E-state index contributed by atoms with van der Waals surface area (Å²) in [5, 5.41) is 9.44. The fraction of sp³-hybridized carbons (Fsp3) is 1.00. The van der Waals surface area contributed by atoms with Crippen LogP contribution in [-0.2, 0) is 10.0 Å². The number of aliphatic hydroxyl groups excluding tert-OH is 1. The lowest BCUT2D eigenvalue weighted by Gasteiger charge is -2.35. The van der Waals surface area contributed by atoms with Gasteiger partial charge in [-0.2, -0.15) is 4.31 Å². The largest absolute Gasteiger partial charge is 0.393 e. The molecule has 1 saturated heterocycles. The van der Waals surface area contributed by atoms with Crippen LogP contribution in [0.4, 0.5) is 0 Å². The highest BCUT2D eigenvalue weighted by Gasteiger charge is 2.32. The average Bonchev–Trinajstić information content (AvgIpc) is 2.26. The molecule has 1 rings (SSSR count). The molecule has 4 nitrogen and oxygen atoms in total. The third-order valence-corrected chi connectivity index (χ3v) is 5.30. The normalized spacial score (nSPS) is 24.8. The predicted octanol–water partition coefficient (Wildman–Crippen LogP) is 1.74. The van der Waals surface area contributed by atoms with Gasteiger partial charge in [-0.05, 0) is 32.6 Å². The zero-order valence-corrected chi connectivity index (χ0v) is 11.7. The summed E-state index contributed by atoms with van der Waals surface area (Å²) in [6.07, 6.45) is 4.65. The average molecular weight is 263 g/mol.